The summed E-state index contributed by atoms with van der Waals surface area (Å²) in [5, 5.41) is 11.8. The van der Waals surface area contributed by atoms with Gasteiger partial charge in [-0.1, -0.05) is 13.7 Å². The van der Waals surface area contributed by atoms with Gasteiger partial charge in [-0.25, -0.2) is 4.98 Å². The van der Waals surface area contributed by atoms with Crippen LogP contribution in [0, 0.1) is 0 Å². The number of fused-ring (bicyclic) bond motifs is 1. The molecular formula is C20H28BN6O2. The van der Waals surface area contributed by atoms with Gasteiger partial charge in [0.25, 0.3) is 0 Å². The van der Waals surface area contributed by atoms with Gasteiger partial charge in [-0.3, -0.25) is 9.78 Å². The Morgan fingerprint density at radius 3 is 2.86 bits per heavy atom. The maximum absolute atomic E-state index is 6.20. The van der Waals surface area contributed by atoms with E-state index in [0.29, 0.717) is 19.0 Å². The molecule has 1 unspecified atom stereocenters. The van der Waals surface area contributed by atoms with E-state index in [2.05, 4.69) is 36.1 Å². The molecule has 29 heavy (non-hydrogen) atoms. The van der Waals surface area contributed by atoms with Crippen LogP contribution in [0.3, 0.4) is 0 Å². The largest absolute Gasteiger partial charge is 0.489 e. The molecule has 3 aromatic heterocycles. The molecule has 1 aliphatic heterocycles. The molecule has 0 aromatic carbocycles. The van der Waals surface area contributed by atoms with Crippen molar-refractivity contribution in [2.45, 2.75) is 45.6 Å². The number of aryl methyl sites for hydroxylation is 1. The van der Waals surface area contributed by atoms with Crippen molar-refractivity contribution in [3.05, 3.63) is 18.3 Å². The van der Waals surface area contributed by atoms with Crippen molar-refractivity contribution >= 4 is 24.1 Å². The smallest absolute Gasteiger partial charge is 0.150 e. The molecule has 0 saturated carbocycles. The van der Waals surface area contributed by atoms with E-state index >= 15 is 0 Å². The molecule has 0 amide bonds. The molecule has 9 heteroatoms. The molecule has 4 rings (SSSR count). The molecule has 4 heterocycles. The number of anilines is 1. The molecular weight excluding hydrogens is 367 g/mol. The molecule has 1 saturated heterocycles. The fourth-order valence-corrected chi connectivity index (χ4v) is 3.85. The maximum Gasteiger partial charge on any atom is 0.150 e. The van der Waals surface area contributed by atoms with Crippen molar-refractivity contribution in [1.82, 2.24) is 25.0 Å². The van der Waals surface area contributed by atoms with E-state index in [4.69, 9.17) is 19.6 Å². The number of H-pyrrole nitrogens is 1. The fraction of sp³-hybridized carbons (Fsp3) is 0.550. The van der Waals surface area contributed by atoms with Gasteiger partial charge in [-0.2, -0.15) is 10.2 Å². The number of morpholine rings is 1. The SMILES string of the molecule is C[B][C@H](C)C1COCCN1c1cc(OC(C)C)c2c(n1)c(-c1ccn[nH]1)nn2C. The number of rotatable bonds is 6. The first-order valence-electron chi connectivity index (χ1n) is 10.2. The summed E-state index contributed by atoms with van der Waals surface area (Å²) in [6.45, 7) is 10.5. The molecule has 3 aromatic rings. The van der Waals surface area contributed by atoms with Gasteiger partial charge in [0.05, 0.1) is 25.0 Å². The van der Waals surface area contributed by atoms with Crippen molar-refractivity contribution in [2.24, 2.45) is 7.05 Å². The number of pyridine rings is 1. The Balaban J connectivity index is 1.89. The van der Waals surface area contributed by atoms with Gasteiger partial charge in [0.2, 0.25) is 0 Å². The van der Waals surface area contributed by atoms with Crippen molar-refractivity contribution in [3.63, 3.8) is 0 Å². The molecule has 8 nitrogen and oxygen atoms in total. The average Bonchev–Trinajstić information content (AvgIpc) is 3.35. The van der Waals surface area contributed by atoms with E-state index in [1.807, 2.05) is 37.7 Å². The zero-order chi connectivity index (χ0) is 20.5. The monoisotopic (exact) mass is 395 g/mol. The second-order valence-corrected chi connectivity index (χ2v) is 7.81. The third kappa shape index (κ3) is 3.71. The Morgan fingerprint density at radius 2 is 2.17 bits per heavy atom. The minimum absolute atomic E-state index is 0.0438. The molecule has 1 N–H and O–H groups in total. The lowest BCUT2D eigenvalue weighted by Gasteiger charge is -2.40. The van der Waals surface area contributed by atoms with Crippen LogP contribution < -0.4 is 9.64 Å². The van der Waals surface area contributed by atoms with Gasteiger partial charge < -0.3 is 14.4 Å². The summed E-state index contributed by atoms with van der Waals surface area (Å²) >= 11 is 0. The van der Waals surface area contributed by atoms with Gasteiger partial charge in [-0.05, 0) is 25.7 Å². The van der Waals surface area contributed by atoms with Crippen molar-refractivity contribution in [2.75, 3.05) is 24.7 Å². The van der Waals surface area contributed by atoms with E-state index < -0.39 is 0 Å². The molecule has 153 valence electrons. The zero-order valence-electron chi connectivity index (χ0n) is 17.7. The number of nitrogens with zero attached hydrogens (tertiary/aromatic N) is 5. The van der Waals surface area contributed by atoms with Gasteiger partial charge in [0, 0.05) is 31.9 Å². The third-order valence-electron chi connectivity index (χ3n) is 5.45. The number of nitrogens with one attached hydrogen (secondary N) is 1. The van der Waals surface area contributed by atoms with Crippen LogP contribution in [0.25, 0.3) is 22.4 Å². The first-order chi connectivity index (χ1) is 14.0. The number of hydrogen-bond donors (Lipinski definition) is 1. The van der Waals surface area contributed by atoms with E-state index in [1.54, 1.807) is 6.20 Å². The highest BCUT2D eigenvalue weighted by molar-refractivity contribution is 6.35. The molecule has 0 bridgehead atoms. The highest BCUT2D eigenvalue weighted by Gasteiger charge is 2.30. The normalized spacial score (nSPS) is 18.4. The van der Waals surface area contributed by atoms with Gasteiger partial charge in [0.15, 0.2) is 5.75 Å². The fourth-order valence-electron chi connectivity index (χ4n) is 3.85. The first-order valence-corrected chi connectivity index (χ1v) is 10.2. The molecule has 2 atom stereocenters. The Hall–Kier alpha value is -2.55. The van der Waals surface area contributed by atoms with E-state index in [1.165, 1.54) is 0 Å². The zero-order valence-corrected chi connectivity index (χ0v) is 17.7. The summed E-state index contributed by atoms with van der Waals surface area (Å²) in [5.74, 6) is 2.06. The Kier molecular flexibility index (Phi) is 5.49. The minimum Gasteiger partial charge on any atom is -0.489 e. The minimum atomic E-state index is 0.0438. The van der Waals surface area contributed by atoms with Crippen molar-refractivity contribution in [3.8, 4) is 17.1 Å². The van der Waals surface area contributed by atoms with Crippen LogP contribution in [0.5, 0.6) is 5.75 Å². The molecule has 1 fully saturated rings. The lowest BCUT2D eigenvalue weighted by Crippen LogP contribution is -2.48. The second-order valence-electron chi connectivity index (χ2n) is 7.81. The summed E-state index contributed by atoms with van der Waals surface area (Å²) in [7, 11) is 4.14. The second kappa shape index (κ2) is 8.06. The molecule has 0 spiro atoms. The third-order valence-corrected chi connectivity index (χ3v) is 5.45. The van der Waals surface area contributed by atoms with Gasteiger partial charge in [0.1, 0.15) is 29.8 Å². The molecule has 1 radical (unpaired) electrons. The summed E-state index contributed by atoms with van der Waals surface area (Å²) in [5.41, 5.74) is 3.30. The summed E-state index contributed by atoms with van der Waals surface area (Å²) < 4.78 is 13.8. The molecule has 1 aliphatic rings. The lowest BCUT2D eigenvalue weighted by molar-refractivity contribution is 0.0926. The van der Waals surface area contributed by atoms with Crippen molar-refractivity contribution in [1.29, 1.82) is 0 Å². The van der Waals surface area contributed by atoms with E-state index in [0.717, 1.165) is 40.5 Å². The van der Waals surface area contributed by atoms with Gasteiger partial charge >= 0.3 is 0 Å². The summed E-state index contributed by atoms with van der Waals surface area (Å²) in [6.07, 6.45) is 1.77. The Morgan fingerprint density at radius 1 is 1.34 bits per heavy atom. The average molecular weight is 395 g/mol. The Labute approximate surface area is 171 Å². The number of hydrogen-bond acceptors (Lipinski definition) is 6. The van der Waals surface area contributed by atoms with Crippen LogP contribution >= 0.6 is 0 Å². The van der Waals surface area contributed by atoms with Crippen LogP contribution in [-0.4, -0.2) is 64.1 Å². The number of aromatic nitrogens is 5. The number of aromatic amines is 1. The predicted octanol–water partition coefficient (Wildman–Crippen LogP) is 2.91. The highest BCUT2D eigenvalue weighted by Crippen LogP contribution is 2.36. The first kappa shape index (κ1) is 19.8. The summed E-state index contributed by atoms with van der Waals surface area (Å²) in [6, 6.07) is 4.18. The van der Waals surface area contributed by atoms with Gasteiger partial charge in [-0.15, -0.1) is 0 Å². The van der Waals surface area contributed by atoms with Crippen molar-refractivity contribution < 1.29 is 9.47 Å². The topological polar surface area (TPSA) is 81.1 Å². The van der Waals surface area contributed by atoms with Crippen LogP contribution in [0.15, 0.2) is 18.3 Å². The quantitative estimate of drug-likeness (QED) is 0.647. The van der Waals surface area contributed by atoms with Crippen LogP contribution in [-0.2, 0) is 11.8 Å². The lowest BCUT2D eigenvalue weighted by atomic mass is 9.64. The summed E-state index contributed by atoms with van der Waals surface area (Å²) in [4.78, 5) is 7.39. The van der Waals surface area contributed by atoms with Crippen LogP contribution in [0.2, 0.25) is 12.6 Å². The Bertz CT molecular complexity index is 971. The van der Waals surface area contributed by atoms with E-state index in [-0.39, 0.29) is 12.1 Å². The molecule has 0 aliphatic carbocycles. The van der Waals surface area contributed by atoms with Crippen LogP contribution in [0.4, 0.5) is 5.82 Å². The maximum atomic E-state index is 6.20. The highest BCUT2D eigenvalue weighted by atomic mass is 16.5. The number of ether oxygens (including phenoxy) is 2. The van der Waals surface area contributed by atoms with E-state index in [9.17, 15) is 0 Å². The standard InChI is InChI=1S/C20H28BN6O2/c1-12(2)29-16-10-17(27-8-9-28-11-15(27)13(3)21-4)23-19-18(14-6-7-22-24-14)25-26(5)20(16)19/h6-7,10,12-13,15H,8-9,11H2,1-5H3,(H,22,24)/t13-,15?/m1/s1. The van der Waals surface area contributed by atoms with Crippen LogP contribution in [0.1, 0.15) is 20.8 Å². The predicted molar refractivity (Wildman–Crippen MR) is 115 cm³/mol.